The highest BCUT2D eigenvalue weighted by molar-refractivity contribution is 8.17. The van der Waals surface area contributed by atoms with Gasteiger partial charge in [0.05, 0.1) is 45.5 Å². The fraction of sp³-hybridized carbons (Fsp3) is 0.625. The van der Waals surface area contributed by atoms with Gasteiger partial charge in [0.25, 0.3) is 0 Å². The maximum atomic E-state index is 3.38. The number of para-hydroxylation sites is 8. The van der Waals surface area contributed by atoms with Gasteiger partial charge in [0, 0.05) is 52.4 Å². The fourth-order valence-electron chi connectivity index (χ4n) is 15.0. The maximum Gasteiger partial charge on any atom is 0.332 e. The van der Waals surface area contributed by atoms with E-state index in [1.54, 1.807) is 0 Å². The van der Waals surface area contributed by atoms with E-state index >= 15 is 0 Å². The molecule has 5 aliphatic heterocycles. The Labute approximate surface area is 468 Å². The monoisotopic (exact) mass is 1100 g/mol. The number of fused-ring (bicyclic) bond motifs is 8. The summed E-state index contributed by atoms with van der Waals surface area (Å²) in [5.74, 6) is 0. The van der Waals surface area contributed by atoms with Gasteiger partial charge in [0.1, 0.15) is 0 Å². The molecule has 0 bridgehead atoms. The van der Waals surface area contributed by atoms with Gasteiger partial charge in [-0.15, -0.1) is 0 Å². The van der Waals surface area contributed by atoms with Crippen LogP contribution in [0.15, 0.2) is 97.1 Å². The van der Waals surface area contributed by atoms with Gasteiger partial charge in [-0.05, 0) is 91.9 Å². The lowest BCUT2D eigenvalue weighted by molar-refractivity contribution is 0.413. The second-order valence-corrected chi connectivity index (χ2v) is 66.2. The number of hydrogen-bond donors (Lipinski definition) is 0. The van der Waals surface area contributed by atoms with Crippen molar-refractivity contribution in [2.75, 3.05) is 88.9 Å². The summed E-state index contributed by atoms with van der Waals surface area (Å²) in [6, 6.07) is 40.1. The molecule has 4 spiro atoms. The second kappa shape index (κ2) is 17.8. The van der Waals surface area contributed by atoms with Crippen molar-refractivity contribution in [1.82, 2.24) is 0 Å². The Morgan fingerprint density at radius 2 is 0.289 bits per heavy atom. The lowest BCUT2D eigenvalue weighted by Crippen LogP contribution is -3.28. The van der Waals surface area contributed by atoms with Crippen LogP contribution in [0.3, 0.4) is 0 Å². The summed E-state index contributed by atoms with van der Waals surface area (Å²) in [4.78, 5) is 0. The van der Waals surface area contributed by atoms with Gasteiger partial charge < -0.3 is 36.5 Å². The molecule has 0 unspecified atom stereocenters. The van der Waals surface area contributed by atoms with E-state index in [0.717, 1.165) is 52.4 Å². The number of rotatable bonds is 8. The predicted molar refractivity (Wildman–Crippen MR) is 343 cm³/mol. The lowest BCUT2D eigenvalue weighted by Gasteiger charge is -2.83. The van der Waals surface area contributed by atoms with E-state index in [1.807, 2.05) is 0 Å². The molecule has 0 aliphatic carbocycles. The van der Waals surface area contributed by atoms with Crippen molar-refractivity contribution in [1.29, 1.82) is 0 Å². The first-order valence-corrected chi connectivity index (χ1v) is 40.8. The fourth-order valence-corrected chi connectivity index (χ4v) is 130. The summed E-state index contributed by atoms with van der Waals surface area (Å²) in [6.07, 6.45) is 0. The molecule has 0 atom stereocenters. The van der Waals surface area contributed by atoms with Crippen LogP contribution in [0.4, 0.5) is 45.5 Å². The first-order chi connectivity index (χ1) is 34.7. The van der Waals surface area contributed by atoms with Gasteiger partial charge in [0.2, 0.25) is 0 Å². The standard InChI is InChI=1S/C64H104N8Si4/c1-57(2,3)41-65-49-33-25-26-34-50(49)66(42-58(4,5)6)73(65)74(67(43-59(7,8)9)51-35-27-28-36-52(51)68(74)44-60(10,11)12)76(71(47-63(19,20)21)55-39-31-32-40-56(55)72(76)48-64(22,23)24)75(73)69(45-61(13,14)15)53-37-29-30-38-54(53)70(75)46-62(16,17)18/h25-40H,41-48H2,1-24H3. The molecule has 0 aromatic heterocycles. The molecule has 0 amide bonds. The predicted octanol–water partition coefficient (Wildman–Crippen LogP) is 15.8. The van der Waals surface area contributed by atoms with E-state index in [4.69, 9.17) is 0 Å². The van der Waals surface area contributed by atoms with Crippen LogP contribution in [0.5, 0.6) is 0 Å². The molecule has 1 saturated heterocycles. The third kappa shape index (κ3) is 8.72. The Morgan fingerprint density at radius 3 is 0.368 bits per heavy atom. The molecular weight excluding hydrogens is 993 g/mol. The van der Waals surface area contributed by atoms with Crippen LogP contribution in [-0.2, 0) is 0 Å². The molecule has 1 fully saturated rings. The quantitative estimate of drug-likeness (QED) is 0.161. The van der Waals surface area contributed by atoms with E-state index in [-0.39, 0.29) is 43.3 Å². The van der Waals surface area contributed by atoms with Crippen LogP contribution in [0.2, 0.25) is 0 Å². The zero-order valence-electron chi connectivity index (χ0n) is 52.5. The number of nitrogens with zero attached hydrogens (tertiary/aromatic N) is 8. The van der Waals surface area contributed by atoms with Crippen molar-refractivity contribution in [3.8, 4) is 0 Å². The third-order valence-corrected chi connectivity index (χ3v) is 88.0. The molecule has 4 aromatic carbocycles. The summed E-state index contributed by atoms with van der Waals surface area (Å²) in [5.41, 5.74) is 11.7. The molecule has 12 heteroatoms. The van der Waals surface area contributed by atoms with E-state index in [0.29, 0.717) is 0 Å². The van der Waals surface area contributed by atoms with Crippen LogP contribution >= 0.6 is 0 Å². The second-order valence-electron chi connectivity index (χ2n) is 33.8. The number of benzene rings is 4. The minimum atomic E-state index is -3.53. The highest BCUT2D eigenvalue weighted by Gasteiger charge is 3.12. The van der Waals surface area contributed by atoms with Crippen LogP contribution in [-0.4, -0.2) is 82.1 Å². The van der Waals surface area contributed by atoms with Crippen LogP contribution in [0, 0.1) is 43.3 Å². The molecule has 5 aliphatic rings. The molecule has 0 radical (unpaired) electrons. The number of hydrogen-bond acceptors (Lipinski definition) is 8. The van der Waals surface area contributed by atoms with Gasteiger partial charge in [-0.2, -0.15) is 0 Å². The van der Waals surface area contributed by atoms with Gasteiger partial charge >= 0.3 is 29.7 Å². The summed E-state index contributed by atoms with van der Waals surface area (Å²) in [6.45, 7) is 69.4. The normalized spacial score (nSPS) is 19.7. The van der Waals surface area contributed by atoms with Crippen LogP contribution in [0.1, 0.15) is 166 Å². The van der Waals surface area contributed by atoms with Crippen molar-refractivity contribution in [2.24, 2.45) is 43.3 Å². The van der Waals surface area contributed by atoms with Crippen molar-refractivity contribution < 1.29 is 0 Å². The van der Waals surface area contributed by atoms with Crippen molar-refractivity contribution in [3.63, 3.8) is 0 Å². The Morgan fingerprint density at radius 1 is 0.197 bits per heavy atom. The molecular formula is C64H104N8Si4. The zero-order valence-corrected chi connectivity index (χ0v) is 56.5. The average Bonchev–Trinajstić information content (AvgIpc) is 3.86. The van der Waals surface area contributed by atoms with E-state index < -0.39 is 29.7 Å². The van der Waals surface area contributed by atoms with E-state index in [2.05, 4.69) is 300 Å². The molecule has 4 aromatic rings. The minimum Gasteiger partial charge on any atom is -0.378 e. The molecule has 76 heavy (non-hydrogen) atoms. The maximum absolute atomic E-state index is 3.53. The Bertz CT molecular complexity index is 2230. The SMILES string of the molecule is CC(C)(C)CN1c2ccccc2N(CC(C)(C)C)[Si]12[Si]1(N(CC(C)(C)C)c3ccccc3N1CC(C)(C)C)[Si]1(N(CC(C)(C)C)c3ccccc3N1CC(C)(C)C)[Si]21N(CC(C)(C)C)c2ccccc2N1CC(C)(C)C. The molecule has 0 N–H and O–H groups in total. The number of anilines is 8. The first kappa shape index (κ1) is 56.9. The zero-order chi connectivity index (χ0) is 56.2. The molecule has 5 heterocycles. The van der Waals surface area contributed by atoms with Gasteiger partial charge in [-0.3, -0.25) is 0 Å². The van der Waals surface area contributed by atoms with E-state index in [9.17, 15) is 0 Å². The largest absolute Gasteiger partial charge is 0.378 e. The third-order valence-electron chi connectivity index (χ3n) is 16.0. The minimum absolute atomic E-state index is 0.0283. The van der Waals surface area contributed by atoms with E-state index in [1.165, 1.54) is 45.5 Å². The molecule has 416 valence electrons. The Kier molecular flexibility index (Phi) is 13.3. The Balaban J connectivity index is 1.71. The van der Waals surface area contributed by atoms with Gasteiger partial charge in [-0.1, -0.05) is 215 Å². The molecule has 9 rings (SSSR count). The highest BCUT2D eigenvalue weighted by Crippen LogP contribution is 2.75. The summed E-state index contributed by atoms with van der Waals surface area (Å²) >= 11 is 0. The Hall–Kier alpha value is -3.85. The summed E-state index contributed by atoms with van der Waals surface area (Å²) in [5, 5.41) is 0. The lowest BCUT2D eigenvalue weighted by atomic mass is 9.96. The smallest absolute Gasteiger partial charge is 0.332 e. The van der Waals surface area contributed by atoms with Crippen molar-refractivity contribution in [2.45, 2.75) is 166 Å². The molecule has 8 nitrogen and oxygen atoms in total. The van der Waals surface area contributed by atoms with Crippen molar-refractivity contribution >= 4 is 75.2 Å². The van der Waals surface area contributed by atoms with Crippen LogP contribution in [0.25, 0.3) is 0 Å². The average molecular weight is 1100 g/mol. The van der Waals surface area contributed by atoms with Crippen LogP contribution < -0.4 is 36.5 Å². The topological polar surface area (TPSA) is 25.9 Å². The van der Waals surface area contributed by atoms with Gasteiger partial charge in [0.15, 0.2) is 0 Å². The van der Waals surface area contributed by atoms with Crippen molar-refractivity contribution in [3.05, 3.63) is 97.1 Å². The van der Waals surface area contributed by atoms with Gasteiger partial charge in [-0.25, -0.2) is 0 Å². The summed E-state index contributed by atoms with van der Waals surface area (Å²) in [7, 11) is -14.1. The highest BCUT2D eigenvalue weighted by atomic mass is 30.2. The summed E-state index contributed by atoms with van der Waals surface area (Å²) < 4.78 is 27.1. The first-order valence-electron chi connectivity index (χ1n) is 29.2. The molecule has 0 saturated carbocycles.